The Hall–Kier alpha value is -1.04. The second kappa shape index (κ2) is 5.73. The zero-order chi connectivity index (χ0) is 13.1. The quantitative estimate of drug-likeness (QED) is 0.801. The molecular weight excluding hydrogens is 248 g/mol. The number of nitrogens with one attached hydrogen (secondary N) is 1. The molecule has 5 nitrogen and oxygen atoms in total. The van der Waals surface area contributed by atoms with Gasteiger partial charge in [-0.05, 0) is 33.1 Å². The van der Waals surface area contributed by atoms with Gasteiger partial charge in [-0.25, -0.2) is 0 Å². The molecule has 1 heterocycles. The zero-order valence-corrected chi connectivity index (χ0v) is 12.0. The van der Waals surface area contributed by atoms with Crippen molar-refractivity contribution in [2.24, 2.45) is 0 Å². The maximum absolute atomic E-state index is 11.7. The Balaban J connectivity index is 1.88. The van der Waals surface area contributed by atoms with Gasteiger partial charge >= 0.3 is 0 Å². The van der Waals surface area contributed by atoms with Crippen LogP contribution in [0, 0.1) is 6.92 Å². The highest BCUT2D eigenvalue weighted by Gasteiger charge is 2.28. The van der Waals surface area contributed by atoms with Crippen LogP contribution < -0.4 is 5.32 Å². The van der Waals surface area contributed by atoms with Crippen molar-refractivity contribution in [3.63, 3.8) is 0 Å². The number of carbonyl (C=O) groups is 1. The van der Waals surface area contributed by atoms with E-state index in [4.69, 9.17) is 0 Å². The molecular formula is C12H20N4OS. The van der Waals surface area contributed by atoms with Crippen molar-refractivity contribution in [3.8, 4) is 0 Å². The van der Waals surface area contributed by atoms with Gasteiger partial charge in [0.1, 0.15) is 5.82 Å². The van der Waals surface area contributed by atoms with Gasteiger partial charge in [0, 0.05) is 12.1 Å². The van der Waals surface area contributed by atoms with E-state index in [9.17, 15) is 4.79 Å². The lowest BCUT2D eigenvalue weighted by molar-refractivity contribution is -0.119. The van der Waals surface area contributed by atoms with Crippen LogP contribution in [0.2, 0.25) is 0 Å². The number of aromatic nitrogens is 3. The fourth-order valence-electron chi connectivity index (χ4n) is 1.75. The maximum Gasteiger partial charge on any atom is 0.230 e. The molecule has 100 valence electrons. The molecule has 18 heavy (non-hydrogen) atoms. The van der Waals surface area contributed by atoms with Gasteiger partial charge in [0.15, 0.2) is 5.16 Å². The Morgan fingerprint density at radius 2 is 2.28 bits per heavy atom. The standard InChI is InChI=1S/C12H20N4OS/c1-4-8(2)13-11(17)7-18-12-15-14-9(3)16(12)10-5-6-10/h8,10H,4-7H2,1-3H3,(H,13,17). The fourth-order valence-corrected chi connectivity index (χ4v) is 2.61. The summed E-state index contributed by atoms with van der Waals surface area (Å²) in [6.07, 6.45) is 3.35. The fraction of sp³-hybridized carbons (Fsp3) is 0.750. The van der Waals surface area contributed by atoms with Crippen LogP contribution in [-0.2, 0) is 4.79 Å². The molecule has 1 amide bonds. The number of hydrogen-bond acceptors (Lipinski definition) is 4. The summed E-state index contributed by atoms with van der Waals surface area (Å²) >= 11 is 1.47. The molecule has 0 saturated heterocycles. The van der Waals surface area contributed by atoms with Crippen molar-refractivity contribution in [1.29, 1.82) is 0 Å². The number of carbonyl (C=O) groups excluding carboxylic acids is 1. The van der Waals surface area contributed by atoms with E-state index < -0.39 is 0 Å². The van der Waals surface area contributed by atoms with E-state index in [0.29, 0.717) is 11.8 Å². The normalized spacial score (nSPS) is 16.6. The summed E-state index contributed by atoms with van der Waals surface area (Å²) < 4.78 is 2.15. The van der Waals surface area contributed by atoms with E-state index in [1.165, 1.54) is 24.6 Å². The molecule has 1 aromatic heterocycles. The number of nitrogens with zero attached hydrogens (tertiary/aromatic N) is 3. The first-order valence-corrected chi connectivity index (χ1v) is 7.44. The summed E-state index contributed by atoms with van der Waals surface area (Å²) in [4.78, 5) is 11.7. The van der Waals surface area contributed by atoms with Crippen LogP contribution in [0.25, 0.3) is 0 Å². The first-order chi connectivity index (χ1) is 8.61. The average molecular weight is 268 g/mol. The third kappa shape index (κ3) is 3.25. The maximum atomic E-state index is 11.7. The summed E-state index contributed by atoms with van der Waals surface area (Å²) in [5, 5.41) is 12.1. The SMILES string of the molecule is CCC(C)NC(=O)CSc1nnc(C)n1C1CC1. The van der Waals surface area contributed by atoms with Crippen molar-refractivity contribution in [2.75, 3.05) is 5.75 Å². The average Bonchev–Trinajstić information content (AvgIpc) is 3.11. The van der Waals surface area contributed by atoms with Crippen molar-refractivity contribution >= 4 is 17.7 Å². The third-order valence-corrected chi connectivity index (χ3v) is 4.04. The van der Waals surface area contributed by atoms with Gasteiger partial charge in [-0.2, -0.15) is 0 Å². The monoisotopic (exact) mass is 268 g/mol. The Bertz CT molecular complexity index is 428. The minimum Gasteiger partial charge on any atom is -0.353 e. The predicted molar refractivity (Wildman–Crippen MR) is 71.6 cm³/mol. The Kier molecular flexibility index (Phi) is 4.27. The second-order valence-electron chi connectivity index (χ2n) is 4.80. The molecule has 1 atom stereocenters. The van der Waals surface area contributed by atoms with Crippen LogP contribution >= 0.6 is 11.8 Å². The van der Waals surface area contributed by atoms with Gasteiger partial charge in [-0.3, -0.25) is 4.79 Å². The molecule has 1 aliphatic rings. The van der Waals surface area contributed by atoms with Gasteiger partial charge in [-0.1, -0.05) is 18.7 Å². The van der Waals surface area contributed by atoms with Crippen LogP contribution in [0.5, 0.6) is 0 Å². The van der Waals surface area contributed by atoms with Crippen LogP contribution in [-0.4, -0.2) is 32.5 Å². The highest BCUT2D eigenvalue weighted by Crippen LogP contribution is 2.38. The van der Waals surface area contributed by atoms with Gasteiger partial charge in [0.25, 0.3) is 0 Å². The molecule has 1 N–H and O–H groups in total. The Morgan fingerprint density at radius 3 is 2.89 bits per heavy atom. The number of rotatable bonds is 6. The molecule has 0 aromatic carbocycles. The largest absolute Gasteiger partial charge is 0.353 e. The topological polar surface area (TPSA) is 59.8 Å². The van der Waals surface area contributed by atoms with Crippen molar-refractivity contribution < 1.29 is 4.79 Å². The molecule has 1 saturated carbocycles. The second-order valence-corrected chi connectivity index (χ2v) is 5.74. The molecule has 0 aliphatic heterocycles. The van der Waals surface area contributed by atoms with E-state index in [0.717, 1.165) is 17.4 Å². The van der Waals surface area contributed by atoms with Crippen LogP contribution in [0.4, 0.5) is 0 Å². The molecule has 2 rings (SSSR count). The lowest BCUT2D eigenvalue weighted by atomic mass is 10.3. The highest BCUT2D eigenvalue weighted by molar-refractivity contribution is 7.99. The van der Waals surface area contributed by atoms with E-state index in [-0.39, 0.29) is 11.9 Å². The van der Waals surface area contributed by atoms with Crippen LogP contribution in [0.3, 0.4) is 0 Å². The van der Waals surface area contributed by atoms with Gasteiger partial charge in [0.05, 0.1) is 5.75 Å². The van der Waals surface area contributed by atoms with Crippen molar-refractivity contribution in [1.82, 2.24) is 20.1 Å². The van der Waals surface area contributed by atoms with E-state index in [1.54, 1.807) is 0 Å². The predicted octanol–water partition coefficient (Wildman–Crippen LogP) is 1.93. The summed E-state index contributed by atoms with van der Waals surface area (Å²) in [5.41, 5.74) is 0. The molecule has 1 unspecified atom stereocenters. The number of amides is 1. The highest BCUT2D eigenvalue weighted by atomic mass is 32.2. The minimum absolute atomic E-state index is 0.0670. The van der Waals surface area contributed by atoms with Crippen LogP contribution in [0.15, 0.2) is 5.16 Å². The van der Waals surface area contributed by atoms with Crippen molar-refractivity contribution in [3.05, 3.63) is 5.82 Å². The summed E-state index contributed by atoms with van der Waals surface area (Å²) in [5.74, 6) is 1.43. The molecule has 1 fully saturated rings. The molecule has 0 radical (unpaired) electrons. The number of thioether (sulfide) groups is 1. The summed E-state index contributed by atoms with van der Waals surface area (Å²) in [6, 6.07) is 0.793. The van der Waals surface area contributed by atoms with Crippen molar-refractivity contribution in [2.45, 2.75) is 57.3 Å². The lowest BCUT2D eigenvalue weighted by Crippen LogP contribution is -2.33. The van der Waals surface area contributed by atoms with Gasteiger partial charge in [-0.15, -0.1) is 10.2 Å². The first kappa shape index (κ1) is 13.4. The minimum atomic E-state index is 0.0670. The lowest BCUT2D eigenvalue weighted by Gasteiger charge is -2.11. The third-order valence-electron chi connectivity index (χ3n) is 3.10. The Labute approximate surface area is 112 Å². The molecule has 0 spiro atoms. The summed E-state index contributed by atoms with van der Waals surface area (Å²) in [6.45, 7) is 6.04. The molecule has 1 aliphatic carbocycles. The molecule has 6 heteroatoms. The summed E-state index contributed by atoms with van der Waals surface area (Å²) in [7, 11) is 0. The van der Waals surface area contributed by atoms with E-state index in [1.807, 2.05) is 13.8 Å². The van der Waals surface area contributed by atoms with E-state index in [2.05, 4.69) is 27.0 Å². The smallest absolute Gasteiger partial charge is 0.230 e. The zero-order valence-electron chi connectivity index (χ0n) is 11.1. The first-order valence-electron chi connectivity index (χ1n) is 6.45. The number of hydrogen-bond donors (Lipinski definition) is 1. The van der Waals surface area contributed by atoms with E-state index >= 15 is 0 Å². The van der Waals surface area contributed by atoms with Crippen LogP contribution in [0.1, 0.15) is 45.0 Å². The molecule has 0 bridgehead atoms. The molecule has 1 aromatic rings. The Morgan fingerprint density at radius 1 is 1.56 bits per heavy atom. The number of aryl methyl sites for hydroxylation is 1. The van der Waals surface area contributed by atoms with Gasteiger partial charge in [0.2, 0.25) is 5.91 Å². The van der Waals surface area contributed by atoms with Gasteiger partial charge < -0.3 is 9.88 Å².